The highest BCUT2D eigenvalue weighted by atomic mass is 35.5. The van der Waals surface area contributed by atoms with Gasteiger partial charge in [-0.15, -0.1) is 24.8 Å². The number of carbonyl (C=O) groups excluding carboxylic acids is 1. The van der Waals surface area contributed by atoms with Gasteiger partial charge in [0.25, 0.3) is 0 Å². The van der Waals surface area contributed by atoms with Gasteiger partial charge in [0.15, 0.2) is 0 Å². The first kappa shape index (κ1) is 18.2. The number of hydrogen-bond acceptors (Lipinski definition) is 3. The fourth-order valence-corrected chi connectivity index (χ4v) is 2.31. The van der Waals surface area contributed by atoms with Crippen molar-refractivity contribution in [2.24, 2.45) is 5.73 Å². The zero-order valence-electron chi connectivity index (χ0n) is 11.0. The number of likely N-dealkylation sites (tertiary alicyclic amines) is 1. The second-order valence-electron chi connectivity index (χ2n) is 4.81. The summed E-state index contributed by atoms with van der Waals surface area (Å²) in [5, 5.41) is 0. The molecule has 1 saturated heterocycles. The Balaban J connectivity index is 0.00000162. The Morgan fingerprint density at radius 3 is 2.63 bits per heavy atom. The van der Waals surface area contributed by atoms with E-state index in [1.807, 2.05) is 18.0 Å². The fraction of sp³-hybridized carbons (Fsp3) is 0.667. The van der Waals surface area contributed by atoms with E-state index in [4.69, 9.17) is 5.73 Å². The van der Waals surface area contributed by atoms with Gasteiger partial charge in [-0.2, -0.15) is 0 Å². The van der Waals surface area contributed by atoms with E-state index in [2.05, 4.69) is 9.97 Å². The molecule has 2 rings (SSSR count). The highest BCUT2D eigenvalue weighted by Gasteiger charge is 2.25. The van der Waals surface area contributed by atoms with Crippen LogP contribution in [0.4, 0.5) is 0 Å². The number of aromatic nitrogens is 2. The number of carbonyl (C=O) groups is 1. The molecule has 0 aliphatic carbocycles. The smallest absolute Gasteiger partial charge is 0.224 e. The number of piperidine rings is 1. The molecule has 2 heterocycles. The summed E-state index contributed by atoms with van der Waals surface area (Å²) in [6, 6.07) is -0.0507. The van der Waals surface area contributed by atoms with E-state index in [0.717, 1.165) is 31.8 Å². The molecule has 7 heteroatoms. The van der Waals surface area contributed by atoms with Crippen LogP contribution in [-0.4, -0.2) is 39.9 Å². The highest BCUT2D eigenvalue weighted by molar-refractivity contribution is 5.85. The SMILES string of the molecule is CC(N)CC(=O)N1CCC(c2ncc[nH]2)CC1.Cl.Cl. The van der Waals surface area contributed by atoms with Gasteiger partial charge in [0.1, 0.15) is 5.82 Å². The summed E-state index contributed by atoms with van der Waals surface area (Å²) in [6.07, 6.45) is 6.05. The maximum atomic E-state index is 11.8. The Labute approximate surface area is 126 Å². The third-order valence-corrected chi connectivity index (χ3v) is 3.25. The van der Waals surface area contributed by atoms with E-state index in [-0.39, 0.29) is 36.8 Å². The quantitative estimate of drug-likeness (QED) is 0.892. The lowest BCUT2D eigenvalue weighted by Crippen LogP contribution is -2.40. The highest BCUT2D eigenvalue weighted by Crippen LogP contribution is 2.25. The number of aromatic amines is 1. The van der Waals surface area contributed by atoms with E-state index >= 15 is 0 Å². The van der Waals surface area contributed by atoms with Crippen LogP contribution in [0.1, 0.15) is 37.9 Å². The van der Waals surface area contributed by atoms with Crippen LogP contribution in [0.2, 0.25) is 0 Å². The molecule has 1 aromatic rings. The van der Waals surface area contributed by atoms with Crippen molar-refractivity contribution in [3.8, 4) is 0 Å². The van der Waals surface area contributed by atoms with Gasteiger partial charge in [0.2, 0.25) is 5.91 Å². The largest absolute Gasteiger partial charge is 0.348 e. The van der Waals surface area contributed by atoms with Crippen molar-refractivity contribution in [1.29, 1.82) is 0 Å². The molecule has 1 atom stereocenters. The number of nitrogens with one attached hydrogen (secondary N) is 1. The van der Waals surface area contributed by atoms with E-state index in [1.165, 1.54) is 0 Å². The number of nitrogens with two attached hydrogens (primary N) is 1. The standard InChI is InChI=1S/C12H20N4O.2ClH/c1-9(13)8-11(17)16-6-2-10(3-7-16)12-14-4-5-15-12;;/h4-5,9-10H,2-3,6-8,13H2,1H3,(H,14,15);2*1H. The number of H-pyrrole nitrogens is 1. The van der Waals surface area contributed by atoms with E-state index in [9.17, 15) is 4.79 Å². The van der Waals surface area contributed by atoms with Crippen molar-refractivity contribution in [1.82, 2.24) is 14.9 Å². The molecule has 1 aliphatic rings. The zero-order chi connectivity index (χ0) is 12.3. The van der Waals surface area contributed by atoms with Crippen LogP contribution in [0.15, 0.2) is 12.4 Å². The second kappa shape index (κ2) is 8.40. The van der Waals surface area contributed by atoms with Crippen LogP contribution >= 0.6 is 24.8 Å². The van der Waals surface area contributed by atoms with Crippen molar-refractivity contribution >= 4 is 30.7 Å². The van der Waals surface area contributed by atoms with Gasteiger partial charge in [-0.3, -0.25) is 4.79 Å². The molecule has 19 heavy (non-hydrogen) atoms. The van der Waals surface area contributed by atoms with E-state index in [1.54, 1.807) is 6.20 Å². The minimum atomic E-state index is -0.0507. The Morgan fingerprint density at radius 1 is 1.53 bits per heavy atom. The molecule has 1 unspecified atom stereocenters. The molecule has 1 amide bonds. The van der Waals surface area contributed by atoms with Gasteiger partial charge in [-0.25, -0.2) is 4.98 Å². The van der Waals surface area contributed by atoms with Crippen molar-refractivity contribution < 1.29 is 4.79 Å². The monoisotopic (exact) mass is 308 g/mol. The topological polar surface area (TPSA) is 75.0 Å². The van der Waals surface area contributed by atoms with Gasteiger partial charge in [-0.1, -0.05) is 0 Å². The van der Waals surface area contributed by atoms with Crippen LogP contribution in [0.3, 0.4) is 0 Å². The molecule has 3 N–H and O–H groups in total. The molecule has 1 aliphatic heterocycles. The third-order valence-electron chi connectivity index (χ3n) is 3.25. The Bertz CT molecular complexity index is 362. The summed E-state index contributed by atoms with van der Waals surface area (Å²) < 4.78 is 0. The number of halogens is 2. The molecule has 0 radical (unpaired) electrons. The Kier molecular flexibility index (Phi) is 8.06. The van der Waals surface area contributed by atoms with Gasteiger partial charge in [0.05, 0.1) is 0 Å². The number of amides is 1. The molecule has 1 aromatic heterocycles. The van der Waals surface area contributed by atoms with Gasteiger partial charge in [0, 0.05) is 43.9 Å². The molecule has 0 spiro atoms. The van der Waals surface area contributed by atoms with Crippen LogP contribution in [0.25, 0.3) is 0 Å². The second-order valence-corrected chi connectivity index (χ2v) is 4.81. The van der Waals surface area contributed by atoms with Gasteiger partial charge in [-0.05, 0) is 19.8 Å². The predicted molar refractivity (Wildman–Crippen MR) is 79.9 cm³/mol. The fourth-order valence-electron chi connectivity index (χ4n) is 2.31. The van der Waals surface area contributed by atoms with Crippen LogP contribution in [-0.2, 0) is 4.79 Å². The van der Waals surface area contributed by atoms with Crippen molar-refractivity contribution in [3.05, 3.63) is 18.2 Å². The summed E-state index contributed by atoms with van der Waals surface area (Å²) in [4.78, 5) is 21.2. The van der Waals surface area contributed by atoms with E-state index in [0.29, 0.717) is 12.3 Å². The minimum Gasteiger partial charge on any atom is -0.348 e. The first-order valence-corrected chi connectivity index (χ1v) is 6.19. The summed E-state index contributed by atoms with van der Waals surface area (Å²) in [5.41, 5.74) is 5.64. The molecular weight excluding hydrogens is 287 g/mol. The maximum absolute atomic E-state index is 11.8. The lowest BCUT2D eigenvalue weighted by Gasteiger charge is -2.31. The van der Waals surface area contributed by atoms with Crippen LogP contribution < -0.4 is 5.73 Å². The summed E-state index contributed by atoms with van der Waals surface area (Å²) in [7, 11) is 0. The number of nitrogens with zero attached hydrogens (tertiary/aromatic N) is 2. The first-order chi connectivity index (χ1) is 8.16. The first-order valence-electron chi connectivity index (χ1n) is 6.19. The summed E-state index contributed by atoms with van der Waals surface area (Å²) in [6.45, 7) is 3.50. The van der Waals surface area contributed by atoms with Gasteiger partial charge < -0.3 is 15.6 Å². The molecular formula is C12H22Cl2N4O. The minimum absolute atomic E-state index is 0. The molecule has 0 aromatic carbocycles. The molecule has 1 fully saturated rings. The normalized spacial score (nSPS) is 17.3. The Hall–Kier alpha value is -0.780. The number of imidazole rings is 1. The molecule has 0 bridgehead atoms. The lowest BCUT2D eigenvalue weighted by atomic mass is 9.96. The average Bonchev–Trinajstić information content (AvgIpc) is 2.82. The van der Waals surface area contributed by atoms with Gasteiger partial charge >= 0.3 is 0 Å². The molecule has 0 saturated carbocycles. The van der Waals surface area contributed by atoms with Crippen molar-refractivity contribution in [2.75, 3.05) is 13.1 Å². The maximum Gasteiger partial charge on any atom is 0.224 e. The average molecular weight is 309 g/mol. The van der Waals surface area contributed by atoms with Crippen LogP contribution in [0.5, 0.6) is 0 Å². The number of rotatable bonds is 3. The summed E-state index contributed by atoms with van der Waals surface area (Å²) in [5.74, 6) is 1.69. The number of hydrogen-bond donors (Lipinski definition) is 2. The zero-order valence-corrected chi connectivity index (χ0v) is 12.7. The lowest BCUT2D eigenvalue weighted by molar-refractivity contribution is -0.132. The van der Waals surface area contributed by atoms with Crippen LogP contribution in [0, 0.1) is 0 Å². The molecule has 5 nitrogen and oxygen atoms in total. The van der Waals surface area contributed by atoms with E-state index < -0.39 is 0 Å². The van der Waals surface area contributed by atoms with Crippen molar-refractivity contribution in [2.45, 2.75) is 38.1 Å². The summed E-state index contributed by atoms with van der Waals surface area (Å²) >= 11 is 0. The predicted octanol–water partition coefficient (Wildman–Crippen LogP) is 1.70. The molecule has 110 valence electrons. The third kappa shape index (κ3) is 5.01. The van der Waals surface area contributed by atoms with Crippen molar-refractivity contribution in [3.63, 3.8) is 0 Å². The Morgan fingerprint density at radius 2 is 2.16 bits per heavy atom.